The van der Waals surface area contributed by atoms with Crippen LogP contribution in [0.3, 0.4) is 0 Å². The van der Waals surface area contributed by atoms with Gasteiger partial charge in [0.05, 0.1) is 18.0 Å². The molecule has 8 nitrogen and oxygen atoms in total. The van der Waals surface area contributed by atoms with Crippen molar-refractivity contribution in [1.82, 2.24) is 24.7 Å². The molecule has 1 aliphatic carbocycles. The van der Waals surface area contributed by atoms with Crippen LogP contribution in [0.4, 0.5) is 5.82 Å². The lowest BCUT2D eigenvalue weighted by molar-refractivity contribution is 0.467. The zero-order valence-corrected chi connectivity index (χ0v) is 14.3. The van der Waals surface area contributed by atoms with Crippen molar-refractivity contribution < 1.29 is 8.76 Å². The second kappa shape index (κ2) is 6.21. The highest BCUT2D eigenvalue weighted by molar-refractivity contribution is 7.78. The zero-order valence-electron chi connectivity index (χ0n) is 13.5. The van der Waals surface area contributed by atoms with Gasteiger partial charge in [-0.25, -0.2) is 9.97 Å². The Balaban J connectivity index is 1.86. The Morgan fingerprint density at radius 1 is 1.38 bits per heavy atom. The monoisotopic (exact) mass is 347 g/mol. The van der Waals surface area contributed by atoms with Gasteiger partial charge in [-0.1, -0.05) is 19.8 Å². The highest BCUT2D eigenvalue weighted by atomic mass is 32.2. The van der Waals surface area contributed by atoms with Gasteiger partial charge < -0.3 is 9.45 Å². The van der Waals surface area contributed by atoms with Crippen molar-refractivity contribution in [3.63, 3.8) is 0 Å². The molecule has 1 aliphatic heterocycles. The average Bonchev–Trinajstić information content (AvgIpc) is 3.24. The molecule has 2 atom stereocenters. The van der Waals surface area contributed by atoms with Crippen LogP contribution in [0.2, 0.25) is 0 Å². The maximum Gasteiger partial charge on any atom is 0.160 e. The molecular formula is C15H19N6O2S-. The molecule has 2 aliphatic rings. The number of fused-ring (bicyclic) bond motifs is 3. The summed E-state index contributed by atoms with van der Waals surface area (Å²) in [4.78, 5) is 11.1. The Hall–Kier alpha value is -1.87. The van der Waals surface area contributed by atoms with Crippen molar-refractivity contribution in [2.24, 2.45) is 0 Å². The van der Waals surface area contributed by atoms with Gasteiger partial charge in [-0.05, 0) is 30.3 Å². The molecule has 1 fully saturated rings. The molecule has 4 rings (SSSR count). The minimum atomic E-state index is -2.20. The standard InChI is InChI=1S/C15H20N6O2S/c1-2-11-15-19-17-9-20(15)12-7-16-13(8-24(22)23)18-14(12)21(11)10-5-3-4-6-10/h7,9-11H,2-6,8H2,1H3,(H,22,23)/p-1/t11-/m1/s1. The van der Waals surface area contributed by atoms with Crippen LogP contribution in [-0.4, -0.2) is 39.5 Å². The molecule has 1 unspecified atom stereocenters. The zero-order chi connectivity index (χ0) is 16.7. The molecule has 24 heavy (non-hydrogen) atoms. The fourth-order valence-electron chi connectivity index (χ4n) is 3.85. The Morgan fingerprint density at radius 3 is 2.88 bits per heavy atom. The third-order valence-electron chi connectivity index (χ3n) is 4.86. The lowest BCUT2D eigenvalue weighted by atomic mass is 10.0. The summed E-state index contributed by atoms with van der Waals surface area (Å²) in [5.74, 6) is 1.87. The first-order valence-corrected chi connectivity index (χ1v) is 9.54. The van der Waals surface area contributed by atoms with E-state index in [1.54, 1.807) is 12.5 Å². The lowest BCUT2D eigenvalue weighted by Crippen LogP contribution is -2.42. The quantitative estimate of drug-likeness (QED) is 0.775. The van der Waals surface area contributed by atoms with Crippen LogP contribution in [0.15, 0.2) is 12.5 Å². The fraction of sp³-hybridized carbons (Fsp3) is 0.600. The summed E-state index contributed by atoms with van der Waals surface area (Å²) in [5, 5.41) is 8.38. The van der Waals surface area contributed by atoms with Crippen LogP contribution in [0, 0.1) is 0 Å². The lowest BCUT2D eigenvalue weighted by Gasteiger charge is -2.40. The summed E-state index contributed by atoms with van der Waals surface area (Å²) in [5.41, 5.74) is 0.826. The minimum absolute atomic E-state index is 0.101. The molecule has 0 radical (unpaired) electrons. The van der Waals surface area contributed by atoms with Gasteiger partial charge in [0.25, 0.3) is 0 Å². The number of hydrogen-bond donors (Lipinski definition) is 0. The van der Waals surface area contributed by atoms with Gasteiger partial charge in [0.1, 0.15) is 17.8 Å². The van der Waals surface area contributed by atoms with E-state index in [4.69, 9.17) is 0 Å². The maximum absolute atomic E-state index is 11.0. The Bertz CT molecular complexity index is 773. The average molecular weight is 347 g/mol. The van der Waals surface area contributed by atoms with Crippen LogP contribution in [0.5, 0.6) is 0 Å². The number of nitrogens with zero attached hydrogens (tertiary/aromatic N) is 6. The van der Waals surface area contributed by atoms with Crippen molar-refractivity contribution in [1.29, 1.82) is 0 Å². The van der Waals surface area contributed by atoms with E-state index in [9.17, 15) is 8.76 Å². The molecule has 9 heteroatoms. The van der Waals surface area contributed by atoms with Crippen LogP contribution >= 0.6 is 0 Å². The fourth-order valence-corrected chi connectivity index (χ4v) is 4.20. The number of rotatable bonds is 4. The Kier molecular flexibility index (Phi) is 4.05. The molecule has 128 valence electrons. The Morgan fingerprint density at radius 2 is 2.17 bits per heavy atom. The first-order chi connectivity index (χ1) is 11.7. The third-order valence-corrected chi connectivity index (χ3v) is 5.36. The molecule has 2 aromatic rings. The van der Waals surface area contributed by atoms with Crippen LogP contribution in [-0.2, 0) is 16.8 Å². The molecule has 0 bridgehead atoms. The summed E-state index contributed by atoms with van der Waals surface area (Å²) >= 11 is -2.20. The summed E-state index contributed by atoms with van der Waals surface area (Å²) in [6.07, 6.45) is 8.92. The van der Waals surface area contributed by atoms with E-state index in [2.05, 4.69) is 32.0 Å². The number of hydrogen-bond acceptors (Lipinski definition) is 7. The van der Waals surface area contributed by atoms with Crippen LogP contribution in [0.25, 0.3) is 5.69 Å². The maximum atomic E-state index is 11.0. The van der Waals surface area contributed by atoms with Gasteiger partial charge in [-0.3, -0.25) is 8.78 Å². The third kappa shape index (κ3) is 2.51. The molecule has 0 spiro atoms. The Labute approximate surface area is 142 Å². The smallest absolute Gasteiger partial charge is 0.160 e. The van der Waals surface area contributed by atoms with Crippen molar-refractivity contribution in [3.05, 3.63) is 24.2 Å². The number of anilines is 1. The molecule has 0 aromatic carbocycles. The van der Waals surface area contributed by atoms with E-state index < -0.39 is 11.1 Å². The largest absolute Gasteiger partial charge is 0.772 e. The van der Waals surface area contributed by atoms with E-state index in [1.165, 1.54) is 12.8 Å². The van der Waals surface area contributed by atoms with Gasteiger partial charge in [-0.15, -0.1) is 10.2 Å². The van der Waals surface area contributed by atoms with E-state index in [-0.39, 0.29) is 11.8 Å². The van der Waals surface area contributed by atoms with Crippen LogP contribution in [0.1, 0.15) is 56.7 Å². The highest BCUT2D eigenvalue weighted by Crippen LogP contribution is 2.42. The highest BCUT2D eigenvalue weighted by Gasteiger charge is 2.38. The predicted molar refractivity (Wildman–Crippen MR) is 87.3 cm³/mol. The summed E-state index contributed by atoms with van der Waals surface area (Å²) in [7, 11) is 0. The van der Waals surface area contributed by atoms with Gasteiger partial charge >= 0.3 is 0 Å². The topological polar surface area (TPSA) is 99.9 Å². The molecule has 0 amide bonds. The second-order valence-corrected chi connectivity index (χ2v) is 7.17. The van der Waals surface area contributed by atoms with E-state index in [0.717, 1.165) is 36.6 Å². The second-order valence-electron chi connectivity index (χ2n) is 6.27. The molecule has 3 heterocycles. The van der Waals surface area contributed by atoms with Gasteiger partial charge in [-0.2, -0.15) is 0 Å². The molecular weight excluding hydrogens is 328 g/mol. The summed E-state index contributed by atoms with van der Waals surface area (Å²) < 4.78 is 24.0. The minimum Gasteiger partial charge on any atom is -0.772 e. The molecule has 0 N–H and O–H groups in total. The first kappa shape index (κ1) is 15.6. The summed E-state index contributed by atoms with van der Waals surface area (Å²) in [6, 6.07) is 0.503. The summed E-state index contributed by atoms with van der Waals surface area (Å²) in [6.45, 7) is 2.13. The first-order valence-electron chi connectivity index (χ1n) is 8.29. The molecule has 2 aromatic heterocycles. The van der Waals surface area contributed by atoms with Crippen LogP contribution < -0.4 is 4.90 Å². The predicted octanol–water partition coefficient (Wildman–Crippen LogP) is 1.65. The van der Waals surface area contributed by atoms with Gasteiger partial charge in [0.15, 0.2) is 11.6 Å². The molecule has 0 saturated heterocycles. The van der Waals surface area contributed by atoms with E-state index in [0.29, 0.717) is 11.9 Å². The van der Waals surface area contributed by atoms with Crippen molar-refractivity contribution in [2.75, 3.05) is 4.90 Å². The van der Waals surface area contributed by atoms with Crippen molar-refractivity contribution in [3.8, 4) is 5.69 Å². The van der Waals surface area contributed by atoms with Crippen molar-refractivity contribution in [2.45, 2.75) is 56.9 Å². The normalized spacial score (nSPS) is 21.6. The molecule has 1 saturated carbocycles. The number of aromatic nitrogens is 5. The van der Waals surface area contributed by atoms with E-state index >= 15 is 0 Å². The SMILES string of the molecule is CC[C@@H]1c2nncn2-c2cnc(CS(=O)[O-])nc2N1C1CCCC1. The van der Waals surface area contributed by atoms with E-state index in [1.807, 2.05) is 4.57 Å². The van der Waals surface area contributed by atoms with Gasteiger partial charge in [0, 0.05) is 6.04 Å². The van der Waals surface area contributed by atoms with Gasteiger partial charge in [0.2, 0.25) is 0 Å². The van der Waals surface area contributed by atoms with Crippen molar-refractivity contribution >= 4 is 16.9 Å².